The number of nitrogens with one attached hydrogen (secondary N) is 2. The van der Waals surface area contributed by atoms with Gasteiger partial charge in [0, 0.05) is 16.6 Å². The van der Waals surface area contributed by atoms with Crippen molar-refractivity contribution in [2.24, 2.45) is 0 Å². The topological polar surface area (TPSA) is 41.1 Å². The van der Waals surface area contributed by atoms with Gasteiger partial charge >= 0.3 is 0 Å². The zero-order chi connectivity index (χ0) is 16.9. The van der Waals surface area contributed by atoms with Gasteiger partial charge in [-0.05, 0) is 42.5 Å². The van der Waals surface area contributed by atoms with Crippen molar-refractivity contribution in [2.75, 3.05) is 0 Å². The molecule has 0 bridgehead atoms. The van der Waals surface area contributed by atoms with Gasteiger partial charge in [-0.25, -0.2) is 0 Å². The molecule has 0 heterocycles. The molecule has 4 heteroatoms. The number of carbonyl (C=O) groups is 1. The molecule has 2 aromatic carbocycles. The Hall–Kier alpha value is -1.65. The highest BCUT2D eigenvalue weighted by Gasteiger charge is 2.29. The molecule has 0 aliphatic heterocycles. The van der Waals surface area contributed by atoms with E-state index in [1.807, 2.05) is 42.5 Å². The summed E-state index contributed by atoms with van der Waals surface area (Å²) in [6.45, 7) is 2.14. The van der Waals surface area contributed by atoms with E-state index in [1.165, 1.54) is 5.56 Å². The van der Waals surface area contributed by atoms with Crippen molar-refractivity contribution >= 4 is 21.8 Å². The van der Waals surface area contributed by atoms with Crippen molar-refractivity contribution in [3.05, 3.63) is 70.2 Å². The van der Waals surface area contributed by atoms with Crippen LogP contribution in [-0.2, 0) is 4.79 Å². The Morgan fingerprint density at radius 3 is 2.33 bits per heavy atom. The molecule has 126 valence electrons. The van der Waals surface area contributed by atoms with Crippen LogP contribution in [0, 0.1) is 0 Å². The van der Waals surface area contributed by atoms with Gasteiger partial charge in [-0.3, -0.25) is 10.1 Å². The van der Waals surface area contributed by atoms with Crippen LogP contribution in [0.3, 0.4) is 0 Å². The second-order valence-electron chi connectivity index (χ2n) is 6.31. The number of amides is 1. The van der Waals surface area contributed by atoms with Crippen LogP contribution >= 0.6 is 15.9 Å². The molecular weight excluding hydrogens is 364 g/mol. The molecule has 1 fully saturated rings. The Balaban J connectivity index is 1.81. The van der Waals surface area contributed by atoms with Crippen molar-refractivity contribution in [1.29, 1.82) is 0 Å². The van der Waals surface area contributed by atoms with E-state index < -0.39 is 0 Å². The fourth-order valence-electron chi connectivity index (χ4n) is 2.83. The van der Waals surface area contributed by atoms with E-state index in [0.717, 1.165) is 29.3 Å². The average Bonchev–Trinajstić information content (AvgIpc) is 3.41. The molecule has 1 saturated carbocycles. The third kappa shape index (κ3) is 4.46. The number of rotatable bonds is 7. The standard InChI is InChI=1S/C20H23BrN2O/c1-2-18(14-8-10-16(21)11-9-14)23-19(15-6-4-3-5-7-15)20(24)22-17-12-13-17/h3-11,17-19,23H,2,12-13H2,1H3,(H,22,24)/t18-,19+/m1/s1. The third-order valence-corrected chi connectivity index (χ3v) is 4.90. The quantitative estimate of drug-likeness (QED) is 0.734. The SMILES string of the molecule is CC[C@@H](N[C@H](C(=O)NC1CC1)c1ccccc1)c1ccc(Br)cc1. The number of carbonyl (C=O) groups excluding carboxylic acids is 1. The highest BCUT2D eigenvalue weighted by atomic mass is 79.9. The molecule has 1 amide bonds. The van der Waals surface area contributed by atoms with Gasteiger partial charge in [0.2, 0.25) is 5.91 Å². The Bertz CT molecular complexity index is 668. The number of benzene rings is 2. The van der Waals surface area contributed by atoms with Gasteiger partial charge in [-0.2, -0.15) is 0 Å². The summed E-state index contributed by atoms with van der Waals surface area (Å²) in [7, 11) is 0. The lowest BCUT2D eigenvalue weighted by atomic mass is 10.00. The van der Waals surface area contributed by atoms with Crippen molar-refractivity contribution in [1.82, 2.24) is 10.6 Å². The van der Waals surface area contributed by atoms with E-state index in [1.54, 1.807) is 0 Å². The minimum absolute atomic E-state index is 0.0688. The Morgan fingerprint density at radius 1 is 1.08 bits per heavy atom. The minimum atomic E-state index is -0.333. The molecule has 2 N–H and O–H groups in total. The number of hydrogen-bond donors (Lipinski definition) is 2. The van der Waals surface area contributed by atoms with Crippen LogP contribution in [0.25, 0.3) is 0 Å². The predicted molar refractivity (Wildman–Crippen MR) is 101 cm³/mol. The molecule has 0 saturated heterocycles. The summed E-state index contributed by atoms with van der Waals surface area (Å²) >= 11 is 3.48. The Morgan fingerprint density at radius 2 is 1.75 bits per heavy atom. The van der Waals surface area contributed by atoms with E-state index in [0.29, 0.717) is 6.04 Å². The normalized spacial score (nSPS) is 16.4. The van der Waals surface area contributed by atoms with E-state index in [9.17, 15) is 4.79 Å². The Labute approximate surface area is 152 Å². The molecule has 1 aliphatic carbocycles. The van der Waals surface area contributed by atoms with Gasteiger partial charge in [0.15, 0.2) is 0 Å². The fraction of sp³-hybridized carbons (Fsp3) is 0.350. The zero-order valence-corrected chi connectivity index (χ0v) is 15.4. The third-order valence-electron chi connectivity index (χ3n) is 4.37. The van der Waals surface area contributed by atoms with Crippen molar-refractivity contribution in [2.45, 2.75) is 44.3 Å². The molecular formula is C20H23BrN2O. The molecule has 24 heavy (non-hydrogen) atoms. The molecule has 0 aromatic heterocycles. The molecule has 2 aromatic rings. The zero-order valence-electron chi connectivity index (χ0n) is 13.8. The maximum absolute atomic E-state index is 12.7. The summed E-state index contributed by atoms with van der Waals surface area (Å²) in [6.07, 6.45) is 3.11. The van der Waals surface area contributed by atoms with Crippen LogP contribution in [0.1, 0.15) is 49.4 Å². The summed E-state index contributed by atoms with van der Waals surface area (Å²) in [5, 5.41) is 6.69. The van der Waals surface area contributed by atoms with Gasteiger partial charge in [-0.1, -0.05) is 65.3 Å². The van der Waals surface area contributed by atoms with Gasteiger partial charge in [0.25, 0.3) is 0 Å². The van der Waals surface area contributed by atoms with Gasteiger partial charge in [-0.15, -0.1) is 0 Å². The fourth-order valence-corrected chi connectivity index (χ4v) is 3.09. The maximum atomic E-state index is 12.7. The van der Waals surface area contributed by atoms with Crippen LogP contribution in [0.4, 0.5) is 0 Å². The molecule has 2 atom stereocenters. The molecule has 1 aliphatic rings. The lowest BCUT2D eigenvalue weighted by molar-refractivity contribution is -0.123. The molecule has 0 radical (unpaired) electrons. The largest absolute Gasteiger partial charge is 0.352 e. The summed E-state index contributed by atoms with van der Waals surface area (Å²) in [4.78, 5) is 12.7. The maximum Gasteiger partial charge on any atom is 0.241 e. The minimum Gasteiger partial charge on any atom is -0.352 e. The molecule has 3 rings (SSSR count). The number of halogens is 1. The van der Waals surface area contributed by atoms with Crippen molar-refractivity contribution in [3.8, 4) is 0 Å². The molecule has 0 spiro atoms. The molecule has 3 nitrogen and oxygen atoms in total. The van der Waals surface area contributed by atoms with Crippen LogP contribution < -0.4 is 10.6 Å². The average molecular weight is 387 g/mol. The smallest absolute Gasteiger partial charge is 0.241 e. The summed E-state index contributed by atoms with van der Waals surface area (Å²) < 4.78 is 1.06. The monoisotopic (exact) mass is 386 g/mol. The molecule has 0 unspecified atom stereocenters. The van der Waals surface area contributed by atoms with Gasteiger partial charge < -0.3 is 5.32 Å². The lowest BCUT2D eigenvalue weighted by Crippen LogP contribution is -2.40. The van der Waals surface area contributed by atoms with E-state index in [-0.39, 0.29) is 18.0 Å². The van der Waals surface area contributed by atoms with Gasteiger partial charge in [0.1, 0.15) is 6.04 Å². The first kappa shape index (κ1) is 17.2. The van der Waals surface area contributed by atoms with E-state index >= 15 is 0 Å². The second kappa shape index (κ2) is 7.95. The van der Waals surface area contributed by atoms with Crippen molar-refractivity contribution < 1.29 is 4.79 Å². The van der Waals surface area contributed by atoms with Crippen LogP contribution in [0.15, 0.2) is 59.1 Å². The highest BCUT2D eigenvalue weighted by molar-refractivity contribution is 9.10. The second-order valence-corrected chi connectivity index (χ2v) is 7.22. The first-order valence-corrected chi connectivity index (χ1v) is 9.33. The first-order chi connectivity index (χ1) is 11.7. The Kier molecular flexibility index (Phi) is 5.69. The predicted octanol–water partition coefficient (Wildman–Crippen LogP) is 4.51. The van der Waals surface area contributed by atoms with E-state index in [4.69, 9.17) is 0 Å². The highest BCUT2D eigenvalue weighted by Crippen LogP contribution is 2.26. The van der Waals surface area contributed by atoms with Crippen LogP contribution in [0.5, 0.6) is 0 Å². The summed E-state index contributed by atoms with van der Waals surface area (Å²) in [5.41, 5.74) is 2.20. The summed E-state index contributed by atoms with van der Waals surface area (Å²) in [5.74, 6) is 0.0688. The first-order valence-electron chi connectivity index (χ1n) is 8.54. The van der Waals surface area contributed by atoms with Crippen LogP contribution in [0.2, 0.25) is 0 Å². The van der Waals surface area contributed by atoms with E-state index in [2.05, 4.69) is 45.6 Å². The lowest BCUT2D eigenvalue weighted by Gasteiger charge is -2.25. The summed E-state index contributed by atoms with van der Waals surface area (Å²) in [6, 6.07) is 18.4. The van der Waals surface area contributed by atoms with Gasteiger partial charge in [0.05, 0.1) is 0 Å². The van der Waals surface area contributed by atoms with Crippen LogP contribution in [-0.4, -0.2) is 11.9 Å². The van der Waals surface area contributed by atoms with Crippen molar-refractivity contribution in [3.63, 3.8) is 0 Å². The number of hydrogen-bond acceptors (Lipinski definition) is 2.